The predicted octanol–water partition coefficient (Wildman–Crippen LogP) is 1.57. The van der Waals surface area contributed by atoms with Crippen LogP contribution >= 0.6 is 15.9 Å². The van der Waals surface area contributed by atoms with Gasteiger partial charge in [0.1, 0.15) is 0 Å². The Kier molecular flexibility index (Phi) is 5.06. The summed E-state index contributed by atoms with van der Waals surface area (Å²) in [4.78, 5) is 28.1. The number of amides is 2. The molecule has 0 aliphatic carbocycles. The Balaban J connectivity index is 1.55. The normalized spacial score (nSPS) is 24.2. The van der Waals surface area contributed by atoms with Crippen molar-refractivity contribution in [2.75, 3.05) is 39.8 Å². The van der Waals surface area contributed by atoms with Gasteiger partial charge in [0, 0.05) is 20.1 Å². The van der Waals surface area contributed by atoms with Crippen LogP contribution < -0.4 is 5.32 Å². The highest BCUT2D eigenvalue weighted by atomic mass is 79.9. The monoisotopic (exact) mass is 383 g/mol. The Hall–Kier alpha value is -1.34. The van der Waals surface area contributed by atoms with Crippen molar-refractivity contribution in [2.24, 2.45) is 11.8 Å². The number of rotatable bonds is 3. The molecule has 2 aliphatic heterocycles. The molecule has 6 nitrogen and oxygen atoms in total. The van der Waals surface area contributed by atoms with Crippen molar-refractivity contribution in [3.05, 3.63) is 22.6 Å². The van der Waals surface area contributed by atoms with Gasteiger partial charge in [0.05, 0.1) is 6.54 Å². The minimum Gasteiger partial charge on any atom is -0.444 e. The third-order valence-corrected chi connectivity index (χ3v) is 5.30. The SMILES string of the molecule is CN(CC(=O)N1CC[C@@H]2CNC[C@@H]2CC1)C(=O)c1ccc(Br)o1. The van der Waals surface area contributed by atoms with Crippen molar-refractivity contribution in [3.8, 4) is 0 Å². The third-order valence-electron chi connectivity index (χ3n) is 4.88. The maximum atomic E-state index is 12.5. The number of carbonyl (C=O) groups excluding carboxylic acids is 2. The Morgan fingerprint density at radius 2 is 1.96 bits per heavy atom. The molecule has 1 N–H and O–H groups in total. The second-order valence-corrected chi connectivity index (χ2v) is 7.18. The Morgan fingerprint density at radius 3 is 2.52 bits per heavy atom. The number of hydrogen-bond acceptors (Lipinski definition) is 4. The number of likely N-dealkylation sites (tertiary alicyclic amines) is 1. The van der Waals surface area contributed by atoms with E-state index in [1.165, 1.54) is 4.90 Å². The molecule has 1 aromatic rings. The molecule has 2 aliphatic rings. The highest BCUT2D eigenvalue weighted by Crippen LogP contribution is 2.27. The van der Waals surface area contributed by atoms with Gasteiger partial charge in [-0.05, 0) is 65.8 Å². The van der Waals surface area contributed by atoms with E-state index in [2.05, 4.69) is 21.2 Å². The van der Waals surface area contributed by atoms with Crippen molar-refractivity contribution < 1.29 is 14.0 Å². The molecule has 126 valence electrons. The molecule has 3 heterocycles. The molecular weight excluding hydrogens is 362 g/mol. The maximum Gasteiger partial charge on any atom is 0.289 e. The first-order valence-corrected chi connectivity index (χ1v) is 8.83. The number of hydrogen-bond donors (Lipinski definition) is 1. The van der Waals surface area contributed by atoms with Gasteiger partial charge in [0.25, 0.3) is 5.91 Å². The fourth-order valence-corrected chi connectivity index (χ4v) is 3.77. The van der Waals surface area contributed by atoms with E-state index in [1.54, 1.807) is 19.2 Å². The molecule has 1 aromatic heterocycles. The molecule has 2 amide bonds. The van der Waals surface area contributed by atoms with E-state index in [0.29, 0.717) is 16.5 Å². The molecule has 0 radical (unpaired) electrons. The van der Waals surface area contributed by atoms with E-state index in [-0.39, 0.29) is 24.1 Å². The molecule has 23 heavy (non-hydrogen) atoms. The fourth-order valence-electron chi connectivity index (χ4n) is 3.46. The number of nitrogens with one attached hydrogen (secondary N) is 1. The van der Waals surface area contributed by atoms with E-state index in [0.717, 1.165) is 39.0 Å². The Labute approximate surface area is 144 Å². The van der Waals surface area contributed by atoms with Crippen LogP contribution in [0.4, 0.5) is 0 Å². The Bertz CT molecular complexity index is 575. The van der Waals surface area contributed by atoms with Gasteiger partial charge in [0.15, 0.2) is 10.4 Å². The molecule has 0 unspecified atom stereocenters. The lowest BCUT2D eigenvalue weighted by molar-refractivity contribution is -0.131. The topological polar surface area (TPSA) is 65.8 Å². The van der Waals surface area contributed by atoms with E-state index in [9.17, 15) is 9.59 Å². The zero-order valence-electron chi connectivity index (χ0n) is 13.3. The Morgan fingerprint density at radius 1 is 1.30 bits per heavy atom. The number of fused-ring (bicyclic) bond motifs is 1. The molecule has 0 aromatic carbocycles. The van der Waals surface area contributed by atoms with E-state index in [4.69, 9.17) is 4.42 Å². The summed E-state index contributed by atoms with van der Waals surface area (Å²) in [5, 5.41) is 3.43. The first-order valence-electron chi connectivity index (χ1n) is 8.04. The summed E-state index contributed by atoms with van der Waals surface area (Å²) < 4.78 is 5.76. The van der Waals surface area contributed by atoms with Crippen LogP contribution in [-0.4, -0.2) is 61.4 Å². The zero-order valence-corrected chi connectivity index (χ0v) is 14.8. The molecule has 2 saturated heterocycles. The molecule has 0 spiro atoms. The van der Waals surface area contributed by atoms with Gasteiger partial charge in [-0.15, -0.1) is 0 Å². The minimum atomic E-state index is -0.278. The smallest absolute Gasteiger partial charge is 0.289 e. The van der Waals surface area contributed by atoms with Gasteiger partial charge >= 0.3 is 0 Å². The highest BCUT2D eigenvalue weighted by Gasteiger charge is 2.32. The first kappa shape index (κ1) is 16.5. The fraction of sp³-hybridized carbons (Fsp3) is 0.625. The van der Waals surface area contributed by atoms with Crippen LogP contribution in [-0.2, 0) is 4.79 Å². The number of furan rings is 1. The maximum absolute atomic E-state index is 12.5. The van der Waals surface area contributed by atoms with Crippen LogP contribution in [0.2, 0.25) is 0 Å². The molecule has 2 fully saturated rings. The quantitative estimate of drug-likeness (QED) is 0.860. The van der Waals surface area contributed by atoms with E-state index in [1.807, 2.05) is 4.90 Å². The van der Waals surface area contributed by atoms with Crippen molar-refractivity contribution in [1.82, 2.24) is 15.1 Å². The summed E-state index contributed by atoms with van der Waals surface area (Å²) in [5.74, 6) is 1.35. The van der Waals surface area contributed by atoms with Crippen molar-refractivity contribution in [2.45, 2.75) is 12.8 Å². The van der Waals surface area contributed by atoms with E-state index >= 15 is 0 Å². The largest absolute Gasteiger partial charge is 0.444 e. The molecule has 0 saturated carbocycles. The summed E-state index contributed by atoms with van der Waals surface area (Å²) in [6, 6.07) is 3.28. The molecule has 7 heteroatoms. The van der Waals surface area contributed by atoms with Crippen molar-refractivity contribution in [1.29, 1.82) is 0 Å². The van der Waals surface area contributed by atoms with Gasteiger partial charge in [-0.3, -0.25) is 9.59 Å². The molecule has 0 bridgehead atoms. The van der Waals surface area contributed by atoms with Crippen LogP contribution in [0.1, 0.15) is 23.4 Å². The molecular formula is C16H22BrN3O3. The summed E-state index contributed by atoms with van der Waals surface area (Å²) >= 11 is 3.18. The number of nitrogens with zero attached hydrogens (tertiary/aromatic N) is 2. The number of halogens is 1. The average molecular weight is 384 g/mol. The van der Waals surface area contributed by atoms with Crippen LogP contribution in [0.15, 0.2) is 21.2 Å². The predicted molar refractivity (Wildman–Crippen MR) is 89.0 cm³/mol. The van der Waals surface area contributed by atoms with Crippen molar-refractivity contribution >= 4 is 27.7 Å². The lowest BCUT2D eigenvalue weighted by Gasteiger charge is -2.24. The van der Waals surface area contributed by atoms with Crippen molar-refractivity contribution in [3.63, 3.8) is 0 Å². The summed E-state index contributed by atoms with van der Waals surface area (Å²) in [6.45, 7) is 3.80. The average Bonchev–Trinajstić information content (AvgIpc) is 3.11. The first-order chi connectivity index (χ1) is 11.0. The molecule has 2 atom stereocenters. The van der Waals surface area contributed by atoms with Gasteiger partial charge in [-0.1, -0.05) is 0 Å². The second-order valence-electron chi connectivity index (χ2n) is 6.40. The lowest BCUT2D eigenvalue weighted by atomic mass is 9.92. The van der Waals surface area contributed by atoms with Crippen LogP contribution in [0.3, 0.4) is 0 Å². The van der Waals surface area contributed by atoms with Crippen LogP contribution in [0.25, 0.3) is 0 Å². The standard InChI is InChI=1S/C16H22BrN3O3/c1-19(16(22)13-2-3-14(17)23-13)10-15(21)20-6-4-11-8-18-9-12(11)5-7-20/h2-3,11-12,18H,4-10H2,1H3/t11-,12+. The summed E-state index contributed by atoms with van der Waals surface area (Å²) in [6.07, 6.45) is 2.10. The summed E-state index contributed by atoms with van der Waals surface area (Å²) in [7, 11) is 1.63. The number of likely N-dealkylation sites (N-methyl/N-ethyl adjacent to an activating group) is 1. The van der Waals surface area contributed by atoms with Gasteiger partial charge in [0.2, 0.25) is 5.91 Å². The van der Waals surface area contributed by atoms with Crippen LogP contribution in [0, 0.1) is 11.8 Å². The number of carbonyl (C=O) groups is 2. The second kappa shape index (κ2) is 7.05. The highest BCUT2D eigenvalue weighted by molar-refractivity contribution is 9.10. The lowest BCUT2D eigenvalue weighted by Crippen LogP contribution is -2.41. The van der Waals surface area contributed by atoms with Gasteiger partial charge < -0.3 is 19.5 Å². The van der Waals surface area contributed by atoms with Gasteiger partial charge in [-0.25, -0.2) is 0 Å². The third kappa shape index (κ3) is 3.77. The zero-order chi connectivity index (χ0) is 16.4. The minimum absolute atomic E-state index is 0.0133. The van der Waals surface area contributed by atoms with E-state index < -0.39 is 0 Å². The molecule has 3 rings (SSSR count). The van der Waals surface area contributed by atoms with Gasteiger partial charge in [-0.2, -0.15) is 0 Å². The summed E-state index contributed by atoms with van der Waals surface area (Å²) in [5.41, 5.74) is 0. The van der Waals surface area contributed by atoms with Crippen LogP contribution in [0.5, 0.6) is 0 Å².